The molecule has 0 unspecified atom stereocenters. The molecule has 3 aliphatic rings. The first-order valence-corrected chi connectivity index (χ1v) is 12.4. The van der Waals surface area contributed by atoms with Crippen LogP contribution in [0, 0.1) is 17.2 Å². The Labute approximate surface area is 203 Å². The smallest absolute Gasteiger partial charge is 0.353 e. The number of aliphatic hydroxyl groups excluding tert-OH is 2. The SMILES string of the molecule is C[C@@H](O)[C@H]1C(=O)N2C(C(=O)O)=C(SC3CN(C(=N)CC(=O)NCC[N+](C)(C)CCO)C3)[C@H](C)[C@H]12. The van der Waals surface area contributed by atoms with Gasteiger partial charge in [-0.3, -0.25) is 15.0 Å². The van der Waals surface area contributed by atoms with E-state index < -0.39 is 18.0 Å². The number of thioether (sulfide) groups is 1. The van der Waals surface area contributed by atoms with E-state index in [0.29, 0.717) is 42.1 Å². The van der Waals surface area contributed by atoms with Crippen LogP contribution in [0.3, 0.4) is 0 Å². The molecule has 0 aromatic carbocycles. The Morgan fingerprint density at radius 1 is 1.29 bits per heavy atom. The van der Waals surface area contributed by atoms with Gasteiger partial charge in [0.15, 0.2) is 0 Å². The number of quaternary nitrogens is 1. The number of carboxylic acid groups (broad SMARTS) is 1. The minimum atomic E-state index is -1.14. The first-order chi connectivity index (χ1) is 15.9. The first kappa shape index (κ1) is 26.5. The van der Waals surface area contributed by atoms with Crippen molar-refractivity contribution in [1.29, 1.82) is 5.41 Å². The fraction of sp³-hybridized carbons (Fsp3) is 0.727. The average molecular weight is 499 g/mol. The molecule has 3 heterocycles. The highest BCUT2D eigenvalue weighted by Crippen LogP contribution is 2.51. The van der Waals surface area contributed by atoms with E-state index in [1.165, 1.54) is 16.7 Å². The summed E-state index contributed by atoms with van der Waals surface area (Å²) >= 11 is 1.42. The Kier molecular flexibility index (Phi) is 7.96. The summed E-state index contributed by atoms with van der Waals surface area (Å²) in [5.74, 6) is -2.26. The largest absolute Gasteiger partial charge is 0.477 e. The van der Waals surface area contributed by atoms with Crippen molar-refractivity contribution >= 4 is 35.4 Å². The molecule has 3 rings (SSSR count). The molecular weight excluding hydrogens is 462 g/mol. The normalized spacial score (nSPS) is 25.6. The second-order valence-corrected chi connectivity index (χ2v) is 11.3. The molecular formula is C22H36N5O6S+. The Morgan fingerprint density at radius 3 is 2.50 bits per heavy atom. The predicted molar refractivity (Wildman–Crippen MR) is 127 cm³/mol. The molecule has 0 aromatic heterocycles. The highest BCUT2D eigenvalue weighted by atomic mass is 32.2. The van der Waals surface area contributed by atoms with Crippen LogP contribution in [0.5, 0.6) is 0 Å². The third-order valence-corrected chi connectivity index (χ3v) is 8.36. The molecule has 5 N–H and O–H groups in total. The Balaban J connectivity index is 1.48. The number of hydrogen-bond donors (Lipinski definition) is 5. The van der Waals surface area contributed by atoms with Crippen molar-refractivity contribution in [2.75, 3.05) is 53.4 Å². The Morgan fingerprint density at radius 2 is 1.94 bits per heavy atom. The summed E-state index contributed by atoms with van der Waals surface area (Å²) in [5, 5.41) is 39.9. The van der Waals surface area contributed by atoms with Crippen molar-refractivity contribution in [1.82, 2.24) is 15.1 Å². The fourth-order valence-corrected chi connectivity index (χ4v) is 6.32. The summed E-state index contributed by atoms with van der Waals surface area (Å²) in [6.45, 7) is 6.32. The van der Waals surface area contributed by atoms with E-state index in [1.54, 1.807) is 11.8 Å². The first-order valence-electron chi connectivity index (χ1n) is 11.5. The van der Waals surface area contributed by atoms with Gasteiger partial charge in [0, 0.05) is 29.2 Å². The van der Waals surface area contributed by atoms with Gasteiger partial charge in [-0.05, 0) is 6.92 Å². The number of hydrogen-bond acceptors (Lipinski definition) is 7. The number of β-lactam (4-membered cyclic amide) rings is 1. The van der Waals surface area contributed by atoms with E-state index in [2.05, 4.69) is 5.32 Å². The number of carbonyl (C=O) groups excluding carboxylic acids is 2. The maximum atomic E-state index is 12.4. The van der Waals surface area contributed by atoms with Crippen molar-refractivity contribution in [3.63, 3.8) is 0 Å². The maximum absolute atomic E-state index is 12.4. The Bertz CT molecular complexity index is 885. The minimum absolute atomic E-state index is 0.0137. The number of carboxylic acids is 1. The molecule has 2 saturated heterocycles. The van der Waals surface area contributed by atoms with E-state index >= 15 is 0 Å². The number of likely N-dealkylation sites (N-methyl/N-ethyl adjacent to an activating group) is 1. The van der Waals surface area contributed by atoms with Gasteiger partial charge < -0.3 is 34.9 Å². The number of carbonyl (C=O) groups is 3. The molecule has 12 heteroatoms. The van der Waals surface area contributed by atoms with Crippen LogP contribution < -0.4 is 5.32 Å². The lowest BCUT2D eigenvalue weighted by Gasteiger charge is -2.46. The second-order valence-electron chi connectivity index (χ2n) is 10.00. The number of nitrogens with zero attached hydrogens (tertiary/aromatic N) is 3. The summed E-state index contributed by atoms with van der Waals surface area (Å²) < 4.78 is 0.591. The number of aliphatic hydroxyl groups is 2. The summed E-state index contributed by atoms with van der Waals surface area (Å²) in [6, 6.07) is -0.333. The molecule has 3 aliphatic heterocycles. The molecule has 0 aliphatic carbocycles. The highest BCUT2D eigenvalue weighted by Gasteiger charge is 2.60. The molecule has 2 fully saturated rings. The van der Waals surface area contributed by atoms with Crippen LogP contribution in [0.4, 0.5) is 0 Å². The zero-order valence-electron chi connectivity index (χ0n) is 20.2. The second kappa shape index (κ2) is 10.2. The van der Waals surface area contributed by atoms with Crippen LogP contribution in [-0.2, 0) is 14.4 Å². The number of fused-ring (bicyclic) bond motifs is 1. The van der Waals surface area contributed by atoms with Crippen molar-refractivity contribution in [3.05, 3.63) is 10.6 Å². The lowest BCUT2D eigenvalue weighted by molar-refractivity contribution is -0.889. The lowest BCUT2D eigenvalue weighted by atomic mass is 9.79. The predicted octanol–water partition coefficient (Wildman–Crippen LogP) is -0.890. The number of amidine groups is 1. The molecule has 0 aromatic rings. The maximum Gasteiger partial charge on any atom is 0.353 e. The third kappa shape index (κ3) is 5.24. The average Bonchev–Trinajstić information content (AvgIpc) is 2.92. The summed E-state index contributed by atoms with van der Waals surface area (Å²) in [7, 11) is 3.95. The summed E-state index contributed by atoms with van der Waals surface area (Å²) in [4.78, 5) is 40.3. The lowest BCUT2D eigenvalue weighted by Crippen LogP contribution is -2.63. The molecule has 0 saturated carbocycles. The number of amides is 2. The van der Waals surface area contributed by atoms with E-state index in [9.17, 15) is 24.6 Å². The molecule has 11 nitrogen and oxygen atoms in total. The zero-order chi connectivity index (χ0) is 25.4. The standard InChI is InChI=1S/C22H35N5O6S/c1-12-18-17(13(2)29)21(31)26(18)19(22(32)33)20(12)34-14-10-25(11-14)15(23)9-16(30)24-5-6-27(3,4)7-8-28/h12-14,17-18,23,28-29H,5-11H2,1-4H3,(H-,24,30,32,33)/p+1/t12-,13-,17-,18-/m1/s1. The molecule has 4 atom stereocenters. The Hall–Kier alpha value is -2.15. The molecule has 0 spiro atoms. The fourth-order valence-electron chi connectivity index (χ4n) is 4.80. The van der Waals surface area contributed by atoms with E-state index in [1.807, 2.05) is 21.0 Å². The van der Waals surface area contributed by atoms with Gasteiger partial charge in [-0.1, -0.05) is 6.92 Å². The quantitative estimate of drug-likeness (QED) is 0.106. The monoisotopic (exact) mass is 498 g/mol. The topological polar surface area (TPSA) is 154 Å². The van der Waals surface area contributed by atoms with E-state index in [0.717, 1.165) is 0 Å². The third-order valence-electron chi connectivity index (χ3n) is 6.91. The number of likely N-dealkylation sites (tertiary alicyclic amines) is 1. The molecule has 190 valence electrons. The van der Waals surface area contributed by atoms with Gasteiger partial charge in [0.05, 0.1) is 58.3 Å². The minimum Gasteiger partial charge on any atom is -0.477 e. The van der Waals surface area contributed by atoms with Crippen LogP contribution in [0.25, 0.3) is 0 Å². The molecule has 0 bridgehead atoms. The number of aliphatic carboxylic acids is 1. The molecule has 2 amide bonds. The summed E-state index contributed by atoms with van der Waals surface area (Å²) in [6.07, 6.45) is -0.855. The van der Waals surface area contributed by atoms with Gasteiger partial charge in [-0.25, -0.2) is 4.79 Å². The van der Waals surface area contributed by atoms with Crippen molar-refractivity contribution in [2.45, 2.75) is 37.7 Å². The van der Waals surface area contributed by atoms with Crippen LogP contribution in [0.1, 0.15) is 20.3 Å². The van der Waals surface area contributed by atoms with Crippen molar-refractivity contribution in [3.8, 4) is 0 Å². The van der Waals surface area contributed by atoms with Gasteiger partial charge in [-0.2, -0.15) is 0 Å². The summed E-state index contributed by atoms with van der Waals surface area (Å²) in [5.41, 5.74) is 0.0137. The molecule has 0 radical (unpaired) electrons. The zero-order valence-corrected chi connectivity index (χ0v) is 21.0. The van der Waals surface area contributed by atoms with E-state index in [-0.39, 0.29) is 53.6 Å². The van der Waals surface area contributed by atoms with Crippen LogP contribution >= 0.6 is 11.8 Å². The van der Waals surface area contributed by atoms with Gasteiger partial charge in [0.25, 0.3) is 0 Å². The van der Waals surface area contributed by atoms with Crippen molar-refractivity contribution < 1.29 is 34.2 Å². The highest BCUT2D eigenvalue weighted by molar-refractivity contribution is 8.03. The number of rotatable bonds is 11. The van der Waals surface area contributed by atoms with Crippen LogP contribution in [0.2, 0.25) is 0 Å². The van der Waals surface area contributed by atoms with Gasteiger partial charge in [0.2, 0.25) is 11.8 Å². The van der Waals surface area contributed by atoms with E-state index in [4.69, 9.17) is 10.5 Å². The van der Waals surface area contributed by atoms with Gasteiger partial charge in [0.1, 0.15) is 18.1 Å². The van der Waals surface area contributed by atoms with Gasteiger partial charge >= 0.3 is 5.97 Å². The number of nitrogens with one attached hydrogen (secondary N) is 2. The van der Waals surface area contributed by atoms with Gasteiger partial charge in [-0.15, -0.1) is 11.8 Å². The molecule has 34 heavy (non-hydrogen) atoms. The van der Waals surface area contributed by atoms with Crippen LogP contribution in [-0.4, -0.2) is 124 Å². The van der Waals surface area contributed by atoms with Crippen LogP contribution in [0.15, 0.2) is 10.6 Å². The van der Waals surface area contributed by atoms with Crippen molar-refractivity contribution in [2.24, 2.45) is 11.8 Å².